The van der Waals surface area contributed by atoms with Crippen LogP contribution in [0.5, 0.6) is 0 Å². The van der Waals surface area contributed by atoms with E-state index in [2.05, 4.69) is 27.6 Å². The van der Waals surface area contributed by atoms with Gasteiger partial charge in [-0.15, -0.1) is 10.2 Å². The lowest BCUT2D eigenvalue weighted by molar-refractivity contribution is 0.163. The summed E-state index contributed by atoms with van der Waals surface area (Å²) >= 11 is 0. The van der Waals surface area contributed by atoms with E-state index < -0.39 is 0 Å². The van der Waals surface area contributed by atoms with Gasteiger partial charge in [0.2, 0.25) is 12.3 Å². The van der Waals surface area contributed by atoms with Crippen LogP contribution in [0.4, 0.5) is 10.5 Å². The molecule has 1 aliphatic carbocycles. The van der Waals surface area contributed by atoms with Crippen molar-refractivity contribution >= 4 is 11.7 Å². The molecule has 1 N–H and O–H groups in total. The molecular formula is C22H24N4O2. The van der Waals surface area contributed by atoms with Gasteiger partial charge in [0.1, 0.15) is 0 Å². The molecule has 1 heterocycles. The molecule has 6 nitrogen and oxygen atoms in total. The summed E-state index contributed by atoms with van der Waals surface area (Å²) in [5, 5.41) is 10.7. The van der Waals surface area contributed by atoms with Crippen molar-refractivity contribution in [3.05, 3.63) is 66.6 Å². The molecule has 3 aromatic rings. The molecule has 28 heavy (non-hydrogen) atoms. The van der Waals surface area contributed by atoms with Gasteiger partial charge in [0.15, 0.2) is 0 Å². The number of rotatable bonds is 5. The third-order valence-corrected chi connectivity index (χ3v) is 5.19. The van der Waals surface area contributed by atoms with Crippen LogP contribution < -0.4 is 5.32 Å². The average molecular weight is 376 g/mol. The number of hydrogen-bond donors (Lipinski definition) is 1. The van der Waals surface area contributed by atoms with Crippen molar-refractivity contribution in [1.29, 1.82) is 0 Å². The van der Waals surface area contributed by atoms with E-state index in [1.165, 1.54) is 25.7 Å². The molecule has 0 aliphatic heterocycles. The Hall–Kier alpha value is -3.15. The Morgan fingerprint density at radius 2 is 1.89 bits per heavy atom. The number of benzene rings is 2. The quantitative estimate of drug-likeness (QED) is 0.672. The molecule has 1 aliphatic rings. The number of carbonyl (C=O) groups is 1. The fourth-order valence-corrected chi connectivity index (χ4v) is 3.76. The van der Waals surface area contributed by atoms with E-state index in [9.17, 15) is 4.79 Å². The van der Waals surface area contributed by atoms with E-state index in [0.717, 1.165) is 29.7 Å². The zero-order valence-electron chi connectivity index (χ0n) is 15.8. The third kappa shape index (κ3) is 4.39. The molecule has 1 saturated carbocycles. The highest BCUT2D eigenvalue weighted by atomic mass is 16.4. The standard InChI is InChI=1S/C22H24N4O2/c27-22(24-19-11-7-10-18(14-19)21-25-23-16-28-21)26(20-12-5-2-6-13-20)15-17-8-3-1-4-9-17/h1,3-4,7-11,14,16,20H,2,5-6,12-13,15H2,(H,24,27). The van der Waals surface area contributed by atoms with Gasteiger partial charge in [0.05, 0.1) is 0 Å². The van der Waals surface area contributed by atoms with Crippen LogP contribution in [0.2, 0.25) is 0 Å². The van der Waals surface area contributed by atoms with Gasteiger partial charge in [-0.1, -0.05) is 55.7 Å². The molecule has 0 unspecified atom stereocenters. The molecule has 6 heteroatoms. The lowest BCUT2D eigenvalue weighted by Gasteiger charge is -2.34. The maximum absolute atomic E-state index is 13.2. The highest BCUT2D eigenvalue weighted by Crippen LogP contribution is 2.26. The van der Waals surface area contributed by atoms with Crippen molar-refractivity contribution in [2.75, 3.05) is 5.32 Å². The smallest absolute Gasteiger partial charge is 0.322 e. The lowest BCUT2D eigenvalue weighted by atomic mass is 9.94. The van der Waals surface area contributed by atoms with Gasteiger partial charge in [0.25, 0.3) is 0 Å². The minimum atomic E-state index is -0.0709. The molecule has 0 spiro atoms. The Morgan fingerprint density at radius 1 is 1.07 bits per heavy atom. The predicted octanol–water partition coefficient (Wildman–Crippen LogP) is 5.10. The van der Waals surface area contributed by atoms with Crippen LogP contribution in [0.15, 0.2) is 65.4 Å². The lowest BCUT2D eigenvalue weighted by Crippen LogP contribution is -2.43. The van der Waals surface area contributed by atoms with Gasteiger partial charge in [0, 0.05) is 23.8 Å². The molecule has 4 rings (SSSR count). The second kappa shape index (κ2) is 8.69. The molecule has 0 bridgehead atoms. The second-order valence-electron chi connectivity index (χ2n) is 7.16. The van der Waals surface area contributed by atoms with E-state index in [1.54, 1.807) is 0 Å². The van der Waals surface area contributed by atoms with Gasteiger partial charge in [-0.25, -0.2) is 4.79 Å². The number of anilines is 1. The highest BCUT2D eigenvalue weighted by Gasteiger charge is 2.25. The molecule has 0 saturated heterocycles. The van der Waals surface area contributed by atoms with Crippen molar-refractivity contribution in [3.8, 4) is 11.5 Å². The maximum atomic E-state index is 13.2. The summed E-state index contributed by atoms with van der Waals surface area (Å²) in [5.74, 6) is 0.435. The molecule has 1 fully saturated rings. The number of nitrogens with one attached hydrogen (secondary N) is 1. The van der Waals surface area contributed by atoms with Crippen molar-refractivity contribution in [1.82, 2.24) is 15.1 Å². The summed E-state index contributed by atoms with van der Waals surface area (Å²) in [4.78, 5) is 15.2. The summed E-state index contributed by atoms with van der Waals surface area (Å²) < 4.78 is 5.26. The van der Waals surface area contributed by atoms with E-state index in [0.29, 0.717) is 12.4 Å². The van der Waals surface area contributed by atoms with Crippen LogP contribution in [0.3, 0.4) is 0 Å². The zero-order valence-corrected chi connectivity index (χ0v) is 15.8. The summed E-state index contributed by atoms with van der Waals surface area (Å²) in [6.45, 7) is 0.612. The Balaban J connectivity index is 1.52. The molecular weight excluding hydrogens is 352 g/mol. The Bertz CT molecular complexity index is 890. The molecule has 2 amide bonds. The fourth-order valence-electron chi connectivity index (χ4n) is 3.76. The monoisotopic (exact) mass is 376 g/mol. The van der Waals surface area contributed by atoms with E-state index in [1.807, 2.05) is 47.4 Å². The van der Waals surface area contributed by atoms with E-state index >= 15 is 0 Å². The maximum Gasteiger partial charge on any atom is 0.322 e. The summed E-state index contributed by atoms with van der Waals surface area (Å²) in [5.41, 5.74) is 2.64. The summed E-state index contributed by atoms with van der Waals surface area (Å²) in [6, 6.07) is 17.8. The summed E-state index contributed by atoms with van der Waals surface area (Å²) in [7, 11) is 0. The van der Waals surface area contributed by atoms with Gasteiger partial charge in [-0.3, -0.25) is 0 Å². The Morgan fingerprint density at radius 3 is 2.64 bits per heavy atom. The zero-order chi connectivity index (χ0) is 19.2. The van der Waals surface area contributed by atoms with Crippen molar-refractivity contribution in [2.24, 2.45) is 0 Å². The van der Waals surface area contributed by atoms with Crippen LogP contribution in [0.25, 0.3) is 11.5 Å². The molecule has 144 valence electrons. The molecule has 0 atom stereocenters. The number of nitrogens with zero attached hydrogens (tertiary/aromatic N) is 3. The minimum absolute atomic E-state index is 0.0709. The first-order chi connectivity index (χ1) is 13.8. The Labute approximate surface area is 164 Å². The molecule has 2 aromatic carbocycles. The number of hydrogen-bond acceptors (Lipinski definition) is 4. The van der Waals surface area contributed by atoms with E-state index in [-0.39, 0.29) is 12.1 Å². The second-order valence-corrected chi connectivity index (χ2v) is 7.16. The van der Waals surface area contributed by atoms with Gasteiger partial charge < -0.3 is 14.6 Å². The van der Waals surface area contributed by atoms with Crippen LogP contribution in [-0.2, 0) is 6.54 Å². The van der Waals surface area contributed by atoms with Crippen LogP contribution in [0.1, 0.15) is 37.7 Å². The van der Waals surface area contributed by atoms with Gasteiger partial charge in [-0.2, -0.15) is 0 Å². The molecule has 1 aromatic heterocycles. The van der Waals surface area contributed by atoms with Crippen molar-refractivity contribution in [3.63, 3.8) is 0 Å². The number of urea groups is 1. The van der Waals surface area contributed by atoms with Crippen LogP contribution in [0, 0.1) is 0 Å². The predicted molar refractivity (Wildman–Crippen MR) is 108 cm³/mol. The first-order valence-electron chi connectivity index (χ1n) is 9.78. The largest absolute Gasteiger partial charge is 0.423 e. The number of amides is 2. The minimum Gasteiger partial charge on any atom is -0.423 e. The normalized spacial score (nSPS) is 14.6. The number of carbonyl (C=O) groups excluding carboxylic acids is 1. The molecule has 0 radical (unpaired) electrons. The number of aromatic nitrogens is 2. The van der Waals surface area contributed by atoms with E-state index in [4.69, 9.17) is 4.42 Å². The average Bonchev–Trinajstić information content (AvgIpc) is 3.28. The van der Waals surface area contributed by atoms with Gasteiger partial charge in [-0.05, 0) is 36.6 Å². The topological polar surface area (TPSA) is 71.3 Å². The van der Waals surface area contributed by atoms with Crippen molar-refractivity contribution in [2.45, 2.75) is 44.7 Å². The van der Waals surface area contributed by atoms with Crippen LogP contribution in [-0.4, -0.2) is 27.2 Å². The first-order valence-corrected chi connectivity index (χ1v) is 9.78. The summed E-state index contributed by atoms with van der Waals surface area (Å²) in [6.07, 6.45) is 7.02. The third-order valence-electron chi connectivity index (χ3n) is 5.19. The van der Waals surface area contributed by atoms with Gasteiger partial charge >= 0.3 is 6.03 Å². The van der Waals surface area contributed by atoms with Crippen LogP contribution >= 0.6 is 0 Å². The Kier molecular flexibility index (Phi) is 5.66. The fraction of sp³-hybridized carbons (Fsp3) is 0.318. The SMILES string of the molecule is O=C(Nc1cccc(-c2nnco2)c1)N(Cc1ccccc1)C1CCCCC1. The highest BCUT2D eigenvalue weighted by molar-refractivity contribution is 5.90. The van der Waals surface area contributed by atoms with Crippen molar-refractivity contribution < 1.29 is 9.21 Å². The first kappa shape index (κ1) is 18.2.